The lowest BCUT2D eigenvalue weighted by molar-refractivity contribution is -0.144. The predicted octanol–water partition coefficient (Wildman–Crippen LogP) is 6.52. The number of ether oxygens (including phenoxy) is 1. The Morgan fingerprint density at radius 1 is 0.769 bits per heavy atom. The van der Waals surface area contributed by atoms with Gasteiger partial charge in [0.1, 0.15) is 6.61 Å². The molecule has 3 heteroatoms. The summed E-state index contributed by atoms with van der Waals surface area (Å²) in [6.45, 7) is 3.59. The Balaban J connectivity index is 3.19. The van der Waals surface area contributed by atoms with Crippen molar-refractivity contribution in [2.45, 2.75) is 103 Å². The normalized spacial score (nSPS) is 11.5. The van der Waals surface area contributed by atoms with Crippen LogP contribution in [0.25, 0.3) is 0 Å². The third kappa shape index (κ3) is 21.2. The number of allylic oxidation sites excluding steroid dienone is 2. The maximum absolute atomic E-state index is 11.5. The first-order chi connectivity index (χ1) is 12.7. The lowest BCUT2D eigenvalue weighted by Crippen LogP contribution is -2.20. The van der Waals surface area contributed by atoms with Crippen LogP contribution in [0.4, 0.5) is 0 Å². The molecule has 0 saturated heterocycles. The fourth-order valence-electron chi connectivity index (χ4n) is 2.93. The van der Waals surface area contributed by atoms with Gasteiger partial charge in [0.2, 0.25) is 0 Å². The number of carbonyl (C=O) groups excluding carboxylic acids is 1. The molecule has 0 aromatic heterocycles. The molecule has 0 unspecified atom stereocenters. The number of hydrogen-bond donors (Lipinski definition) is 0. The van der Waals surface area contributed by atoms with E-state index in [2.05, 4.69) is 19.1 Å². The Kier molecular flexibility index (Phi) is 19.8. The monoisotopic (exact) mass is 367 g/mol. The molecule has 0 rings (SSSR count). The predicted molar refractivity (Wildman–Crippen MR) is 114 cm³/mol. The van der Waals surface area contributed by atoms with Crippen LogP contribution in [0.15, 0.2) is 12.2 Å². The van der Waals surface area contributed by atoms with Crippen molar-refractivity contribution >= 4 is 5.97 Å². The zero-order chi connectivity index (χ0) is 19.3. The largest absolute Gasteiger partial charge is 0.464 e. The molecule has 0 aromatic rings. The molecule has 0 N–H and O–H groups in total. The van der Waals surface area contributed by atoms with Crippen LogP contribution in [0.1, 0.15) is 103 Å². The van der Waals surface area contributed by atoms with E-state index in [4.69, 9.17) is 4.74 Å². The summed E-state index contributed by atoms with van der Waals surface area (Å²) in [4.78, 5) is 13.5. The second kappa shape index (κ2) is 20.5. The first kappa shape index (κ1) is 25.2. The van der Waals surface area contributed by atoms with Gasteiger partial charge in [0.05, 0.1) is 0 Å². The minimum atomic E-state index is -0.0415. The van der Waals surface area contributed by atoms with E-state index < -0.39 is 0 Å². The molecule has 0 heterocycles. The van der Waals surface area contributed by atoms with Crippen LogP contribution in [0.2, 0.25) is 0 Å². The third-order valence-electron chi connectivity index (χ3n) is 4.69. The van der Waals surface area contributed by atoms with E-state index in [0.29, 0.717) is 13.0 Å². The maximum Gasteiger partial charge on any atom is 0.305 e. The van der Waals surface area contributed by atoms with Crippen molar-refractivity contribution in [1.29, 1.82) is 0 Å². The van der Waals surface area contributed by atoms with Crippen LogP contribution in [0.5, 0.6) is 0 Å². The molecule has 0 atom stereocenters. The minimum Gasteiger partial charge on any atom is -0.464 e. The Morgan fingerprint density at radius 3 is 1.81 bits per heavy atom. The van der Waals surface area contributed by atoms with Gasteiger partial charge in [0.15, 0.2) is 0 Å². The van der Waals surface area contributed by atoms with Gasteiger partial charge >= 0.3 is 5.97 Å². The van der Waals surface area contributed by atoms with Crippen molar-refractivity contribution in [3.63, 3.8) is 0 Å². The van der Waals surface area contributed by atoms with Crippen LogP contribution in [0, 0.1) is 0 Å². The highest BCUT2D eigenvalue weighted by Gasteiger charge is 2.02. The molecule has 154 valence electrons. The summed E-state index contributed by atoms with van der Waals surface area (Å²) in [7, 11) is 3.97. The molecule has 0 aliphatic heterocycles. The summed E-state index contributed by atoms with van der Waals surface area (Å²) in [6, 6.07) is 0. The molecule has 0 fully saturated rings. The van der Waals surface area contributed by atoms with Crippen LogP contribution >= 0.6 is 0 Å². The Morgan fingerprint density at radius 2 is 1.27 bits per heavy atom. The standard InChI is InChI=1S/C23H45NO2/c1-4-5-6-7-8-9-10-11-12-13-14-15-16-17-18-19-20-23(25)26-22-21-24(2)3/h12-13H,4-11,14-22H2,1-3H3/b13-12-. The Labute approximate surface area is 163 Å². The van der Waals surface area contributed by atoms with Crippen molar-refractivity contribution in [1.82, 2.24) is 4.90 Å². The van der Waals surface area contributed by atoms with E-state index in [1.165, 1.54) is 77.0 Å². The highest BCUT2D eigenvalue weighted by molar-refractivity contribution is 5.69. The Bertz CT molecular complexity index is 326. The topological polar surface area (TPSA) is 29.5 Å². The molecule has 0 aromatic carbocycles. The van der Waals surface area contributed by atoms with E-state index in [-0.39, 0.29) is 5.97 Å². The molecule has 0 saturated carbocycles. The Hall–Kier alpha value is -0.830. The van der Waals surface area contributed by atoms with Crippen LogP contribution in [-0.4, -0.2) is 38.1 Å². The lowest BCUT2D eigenvalue weighted by Gasteiger charge is -2.09. The van der Waals surface area contributed by atoms with E-state index in [0.717, 1.165) is 19.4 Å². The molecule has 0 amide bonds. The first-order valence-electron chi connectivity index (χ1n) is 11.1. The van der Waals surface area contributed by atoms with E-state index in [9.17, 15) is 4.79 Å². The molecule has 26 heavy (non-hydrogen) atoms. The molecule has 3 nitrogen and oxygen atoms in total. The van der Waals surface area contributed by atoms with Gasteiger partial charge in [0, 0.05) is 13.0 Å². The molecule has 0 bridgehead atoms. The molecular weight excluding hydrogens is 322 g/mol. The maximum atomic E-state index is 11.5. The highest BCUT2D eigenvalue weighted by Crippen LogP contribution is 2.10. The van der Waals surface area contributed by atoms with Gasteiger partial charge in [0.25, 0.3) is 0 Å². The lowest BCUT2D eigenvalue weighted by atomic mass is 10.1. The van der Waals surface area contributed by atoms with Crippen molar-refractivity contribution in [3.05, 3.63) is 12.2 Å². The average Bonchev–Trinajstić information content (AvgIpc) is 2.61. The zero-order valence-corrected chi connectivity index (χ0v) is 17.9. The number of rotatable bonds is 19. The third-order valence-corrected chi connectivity index (χ3v) is 4.69. The minimum absolute atomic E-state index is 0.0415. The number of esters is 1. The van der Waals surface area contributed by atoms with Gasteiger partial charge in [-0.1, -0.05) is 76.9 Å². The SMILES string of the molecule is CCCCCCCCC/C=C\CCCCCCCC(=O)OCCN(C)C. The van der Waals surface area contributed by atoms with Gasteiger partial charge in [-0.2, -0.15) is 0 Å². The summed E-state index contributed by atoms with van der Waals surface area (Å²) >= 11 is 0. The molecule has 0 spiro atoms. The summed E-state index contributed by atoms with van der Waals surface area (Å²) in [6.07, 6.45) is 23.4. The van der Waals surface area contributed by atoms with Gasteiger partial charge in [-0.15, -0.1) is 0 Å². The van der Waals surface area contributed by atoms with Gasteiger partial charge in [-0.05, 0) is 46.2 Å². The number of likely N-dealkylation sites (N-methyl/N-ethyl adjacent to an activating group) is 1. The summed E-state index contributed by atoms with van der Waals surface area (Å²) in [5, 5.41) is 0. The zero-order valence-electron chi connectivity index (χ0n) is 17.9. The highest BCUT2D eigenvalue weighted by atomic mass is 16.5. The fourth-order valence-corrected chi connectivity index (χ4v) is 2.93. The molecule has 0 aliphatic rings. The number of carbonyl (C=O) groups is 1. The van der Waals surface area contributed by atoms with Gasteiger partial charge < -0.3 is 9.64 Å². The van der Waals surface area contributed by atoms with Crippen molar-refractivity contribution in [3.8, 4) is 0 Å². The van der Waals surface area contributed by atoms with Crippen LogP contribution in [-0.2, 0) is 9.53 Å². The summed E-state index contributed by atoms with van der Waals surface area (Å²) in [5.74, 6) is -0.0415. The van der Waals surface area contributed by atoms with Crippen molar-refractivity contribution in [2.75, 3.05) is 27.2 Å². The fraction of sp³-hybridized carbons (Fsp3) is 0.870. The second-order valence-electron chi connectivity index (χ2n) is 7.71. The van der Waals surface area contributed by atoms with Crippen molar-refractivity contribution in [2.24, 2.45) is 0 Å². The van der Waals surface area contributed by atoms with Crippen molar-refractivity contribution < 1.29 is 9.53 Å². The second-order valence-corrected chi connectivity index (χ2v) is 7.71. The van der Waals surface area contributed by atoms with E-state index in [1.807, 2.05) is 19.0 Å². The molecule has 0 radical (unpaired) electrons. The first-order valence-corrected chi connectivity index (χ1v) is 11.1. The van der Waals surface area contributed by atoms with Gasteiger partial charge in [-0.3, -0.25) is 4.79 Å². The smallest absolute Gasteiger partial charge is 0.305 e. The van der Waals surface area contributed by atoms with Crippen LogP contribution < -0.4 is 0 Å². The quantitative estimate of drug-likeness (QED) is 0.148. The van der Waals surface area contributed by atoms with Gasteiger partial charge in [-0.25, -0.2) is 0 Å². The summed E-state index contributed by atoms with van der Waals surface area (Å²) < 4.78 is 5.19. The summed E-state index contributed by atoms with van der Waals surface area (Å²) in [5.41, 5.74) is 0. The number of unbranched alkanes of at least 4 members (excludes halogenated alkanes) is 12. The molecule has 0 aliphatic carbocycles. The van der Waals surface area contributed by atoms with Crippen LogP contribution in [0.3, 0.4) is 0 Å². The molecular formula is C23H45NO2. The van der Waals surface area contributed by atoms with E-state index >= 15 is 0 Å². The average molecular weight is 368 g/mol. The number of nitrogens with zero attached hydrogens (tertiary/aromatic N) is 1. The number of hydrogen-bond acceptors (Lipinski definition) is 3. The van der Waals surface area contributed by atoms with E-state index in [1.54, 1.807) is 0 Å².